The Morgan fingerprint density at radius 2 is 2.38 bits per heavy atom. The minimum absolute atomic E-state index is 0.164. The number of carbonyl (C=O) groups excluding carboxylic acids is 1. The molecule has 1 fully saturated rings. The van der Waals surface area contributed by atoms with E-state index in [1.54, 1.807) is 4.90 Å². The van der Waals surface area contributed by atoms with E-state index in [4.69, 9.17) is 5.11 Å². The van der Waals surface area contributed by atoms with Crippen LogP contribution < -0.4 is 0 Å². The maximum Gasteiger partial charge on any atom is 0.316 e. The van der Waals surface area contributed by atoms with Gasteiger partial charge in [-0.2, -0.15) is 0 Å². The Hall–Kier alpha value is -1.06. The van der Waals surface area contributed by atoms with Crippen molar-refractivity contribution in [2.24, 2.45) is 5.92 Å². The Labute approximate surface area is 77.5 Å². The highest BCUT2D eigenvalue weighted by Gasteiger charge is 2.38. The molecule has 74 valence electrons. The Balaban J connectivity index is 2.65. The maximum absolute atomic E-state index is 11.5. The van der Waals surface area contributed by atoms with Crippen LogP contribution in [-0.2, 0) is 9.59 Å². The summed E-state index contributed by atoms with van der Waals surface area (Å²) in [7, 11) is 0. The van der Waals surface area contributed by atoms with E-state index in [1.165, 1.54) is 0 Å². The van der Waals surface area contributed by atoms with Gasteiger partial charge in [0.15, 0.2) is 0 Å². The molecule has 4 nitrogen and oxygen atoms in total. The lowest BCUT2D eigenvalue weighted by atomic mass is 10.1. The molecule has 0 aromatic carbocycles. The van der Waals surface area contributed by atoms with Crippen LogP contribution in [0.4, 0.5) is 0 Å². The lowest BCUT2D eigenvalue weighted by molar-refractivity contribution is -0.148. The zero-order chi connectivity index (χ0) is 10.0. The number of aliphatic carboxylic acids is 1. The van der Waals surface area contributed by atoms with Crippen molar-refractivity contribution in [3.8, 4) is 0 Å². The third-order valence-corrected chi connectivity index (χ3v) is 2.66. The molecule has 4 heteroatoms. The van der Waals surface area contributed by atoms with Crippen LogP contribution in [0.2, 0.25) is 0 Å². The fraction of sp³-hybridized carbons (Fsp3) is 0.778. The van der Waals surface area contributed by atoms with Crippen LogP contribution in [0.5, 0.6) is 0 Å². The van der Waals surface area contributed by atoms with Crippen molar-refractivity contribution in [1.29, 1.82) is 0 Å². The van der Waals surface area contributed by atoms with Crippen LogP contribution in [0.15, 0.2) is 0 Å². The Morgan fingerprint density at radius 3 is 2.77 bits per heavy atom. The van der Waals surface area contributed by atoms with Gasteiger partial charge in [0.2, 0.25) is 5.91 Å². The molecule has 1 saturated heterocycles. The molecule has 1 N–H and O–H groups in total. The summed E-state index contributed by atoms with van der Waals surface area (Å²) in [5, 5.41) is 8.71. The second-order valence-corrected chi connectivity index (χ2v) is 3.47. The molecule has 0 spiro atoms. The highest BCUT2D eigenvalue weighted by molar-refractivity contribution is 5.98. The molecule has 1 aliphatic heterocycles. The van der Waals surface area contributed by atoms with Gasteiger partial charge in [-0.3, -0.25) is 9.59 Å². The smallest absolute Gasteiger partial charge is 0.316 e. The van der Waals surface area contributed by atoms with Crippen molar-refractivity contribution >= 4 is 11.9 Å². The van der Waals surface area contributed by atoms with E-state index in [-0.39, 0.29) is 11.9 Å². The molecule has 1 amide bonds. The number of carboxylic acids is 1. The molecule has 1 heterocycles. The van der Waals surface area contributed by atoms with E-state index in [0.29, 0.717) is 13.0 Å². The van der Waals surface area contributed by atoms with Gasteiger partial charge in [0.05, 0.1) is 0 Å². The predicted octanol–water partition coefficient (Wildman–Crippen LogP) is 0.718. The van der Waals surface area contributed by atoms with Crippen LogP contribution in [0.25, 0.3) is 0 Å². The molecule has 0 aromatic rings. The molecular weight excluding hydrogens is 170 g/mol. The Morgan fingerprint density at radius 1 is 1.77 bits per heavy atom. The molecule has 0 aliphatic carbocycles. The summed E-state index contributed by atoms with van der Waals surface area (Å²) in [5.41, 5.74) is 0. The van der Waals surface area contributed by atoms with Crippen LogP contribution in [0, 0.1) is 5.92 Å². The molecule has 13 heavy (non-hydrogen) atoms. The van der Waals surface area contributed by atoms with Gasteiger partial charge in [-0.1, -0.05) is 6.92 Å². The lowest BCUT2D eigenvalue weighted by Crippen LogP contribution is -2.36. The Kier molecular flexibility index (Phi) is 2.90. The summed E-state index contributed by atoms with van der Waals surface area (Å²) in [4.78, 5) is 23.8. The fourth-order valence-electron chi connectivity index (χ4n) is 1.59. The van der Waals surface area contributed by atoms with Gasteiger partial charge in [0.1, 0.15) is 5.92 Å². The number of hydrogen-bond acceptors (Lipinski definition) is 2. The molecule has 1 aliphatic rings. The van der Waals surface area contributed by atoms with Crippen molar-refractivity contribution < 1.29 is 14.7 Å². The average molecular weight is 185 g/mol. The number of likely N-dealkylation sites (tertiary alicyclic amines) is 1. The quantitative estimate of drug-likeness (QED) is 0.659. The van der Waals surface area contributed by atoms with Gasteiger partial charge in [0.25, 0.3) is 0 Å². The molecule has 0 bridgehead atoms. The predicted molar refractivity (Wildman–Crippen MR) is 47.2 cm³/mol. The molecule has 0 saturated carbocycles. The van der Waals surface area contributed by atoms with E-state index >= 15 is 0 Å². The van der Waals surface area contributed by atoms with Crippen molar-refractivity contribution in [3.05, 3.63) is 0 Å². The third kappa shape index (κ3) is 1.82. The molecule has 1 rings (SSSR count). The highest BCUT2D eigenvalue weighted by Crippen LogP contribution is 2.21. The van der Waals surface area contributed by atoms with Gasteiger partial charge < -0.3 is 10.0 Å². The average Bonchev–Trinajstić information content (AvgIpc) is 2.46. The van der Waals surface area contributed by atoms with Gasteiger partial charge in [-0.15, -0.1) is 0 Å². The Bertz CT molecular complexity index is 227. The number of rotatable bonds is 3. The first-order valence-corrected chi connectivity index (χ1v) is 4.61. The SMILES string of the molecule is CCC(C)N1CCC(C(=O)O)C1=O. The first-order valence-electron chi connectivity index (χ1n) is 4.61. The topological polar surface area (TPSA) is 57.6 Å². The number of carboxylic acid groups (broad SMARTS) is 1. The lowest BCUT2D eigenvalue weighted by Gasteiger charge is -2.22. The monoisotopic (exact) mass is 185 g/mol. The van der Waals surface area contributed by atoms with Gasteiger partial charge in [-0.25, -0.2) is 0 Å². The van der Waals surface area contributed by atoms with Crippen molar-refractivity contribution in [3.63, 3.8) is 0 Å². The summed E-state index contributed by atoms with van der Waals surface area (Å²) in [6.07, 6.45) is 1.33. The van der Waals surface area contributed by atoms with E-state index in [9.17, 15) is 9.59 Å². The first-order chi connectivity index (χ1) is 6.07. The van der Waals surface area contributed by atoms with Crippen molar-refractivity contribution in [1.82, 2.24) is 4.90 Å². The summed E-state index contributed by atoms with van der Waals surface area (Å²) in [6, 6.07) is 0.164. The molecule has 0 radical (unpaired) electrons. The minimum Gasteiger partial charge on any atom is -0.481 e. The third-order valence-electron chi connectivity index (χ3n) is 2.66. The normalized spacial score (nSPS) is 24.9. The van der Waals surface area contributed by atoms with E-state index in [0.717, 1.165) is 6.42 Å². The van der Waals surface area contributed by atoms with Crippen molar-refractivity contribution in [2.75, 3.05) is 6.54 Å². The second kappa shape index (κ2) is 3.77. The number of carbonyl (C=O) groups is 2. The molecule has 2 atom stereocenters. The van der Waals surface area contributed by atoms with E-state index < -0.39 is 11.9 Å². The zero-order valence-electron chi connectivity index (χ0n) is 7.99. The summed E-state index contributed by atoms with van der Waals surface area (Å²) in [5.74, 6) is -2.01. The summed E-state index contributed by atoms with van der Waals surface area (Å²) in [6.45, 7) is 4.53. The number of hydrogen-bond donors (Lipinski definition) is 1. The van der Waals surface area contributed by atoms with Gasteiger partial charge in [-0.05, 0) is 19.8 Å². The summed E-state index contributed by atoms with van der Waals surface area (Å²) >= 11 is 0. The fourth-order valence-corrected chi connectivity index (χ4v) is 1.59. The van der Waals surface area contributed by atoms with E-state index in [2.05, 4.69) is 0 Å². The first kappa shape index (κ1) is 10.0. The summed E-state index contributed by atoms with van der Waals surface area (Å²) < 4.78 is 0. The van der Waals surface area contributed by atoms with Crippen LogP contribution in [0.1, 0.15) is 26.7 Å². The van der Waals surface area contributed by atoms with Crippen LogP contribution in [0.3, 0.4) is 0 Å². The standard InChI is InChI=1S/C9H15NO3/c1-3-6(2)10-5-4-7(8(10)11)9(12)13/h6-7H,3-5H2,1-2H3,(H,12,13). The minimum atomic E-state index is -0.990. The molecule has 0 aromatic heterocycles. The maximum atomic E-state index is 11.5. The van der Waals surface area contributed by atoms with Gasteiger partial charge in [0, 0.05) is 12.6 Å². The zero-order valence-corrected chi connectivity index (χ0v) is 7.99. The van der Waals surface area contributed by atoms with Crippen LogP contribution >= 0.6 is 0 Å². The number of amides is 1. The van der Waals surface area contributed by atoms with E-state index in [1.807, 2.05) is 13.8 Å². The van der Waals surface area contributed by atoms with Crippen LogP contribution in [-0.4, -0.2) is 34.5 Å². The van der Waals surface area contributed by atoms with Crippen molar-refractivity contribution in [2.45, 2.75) is 32.7 Å². The molecule has 2 unspecified atom stereocenters. The largest absolute Gasteiger partial charge is 0.481 e. The highest BCUT2D eigenvalue weighted by atomic mass is 16.4. The molecular formula is C9H15NO3. The van der Waals surface area contributed by atoms with Gasteiger partial charge >= 0.3 is 5.97 Å². The number of nitrogens with zero attached hydrogens (tertiary/aromatic N) is 1. The second-order valence-electron chi connectivity index (χ2n) is 3.47.